The molecule has 0 bridgehead atoms. The molecule has 1 N–H and O–H groups in total. The van der Waals surface area contributed by atoms with Gasteiger partial charge in [0.15, 0.2) is 0 Å². The van der Waals surface area contributed by atoms with Gasteiger partial charge in [-0.25, -0.2) is 0 Å². The smallest absolute Gasteiger partial charge is 0.133 e. The summed E-state index contributed by atoms with van der Waals surface area (Å²) in [5.41, 5.74) is 1.98. The molecular formula is C13H12Br2O2S. The molecule has 0 radical (unpaired) electrons. The van der Waals surface area contributed by atoms with Crippen molar-refractivity contribution in [1.29, 1.82) is 0 Å². The first-order chi connectivity index (χ1) is 8.52. The summed E-state index contributed by atoms with van der Waals surface area (Å²) in [6, 6.07) is 7.60. The fourth-order valence-electron chi connectivity index (χ4n) is 1.64. The molecular weight excluding hydrogens is 380 g/mol. The average Bonchev–Trinajstić information content (AvgIpc) is 2.68. The summed E-state index contributed by atoms with van der Waals surface area (Å²) < 4.78 is 7.08. The number of thiophene rings is 1. The third-order valence-electron chi connectivity index (χ3n) is 2.64. The average molecular weight is 392 g/mol. The van der Waals surface area contributed by atoms with Gasteiger partial charge in [0.05, 0.1) is 15.4 Å². The van der Waals surface area contributed by atoms with Gasteiger partial charge in [-0.15, -0.1) is 11.3 Å². The van der Waals surface area contributed by atoms with Crippen LogP contribution >= 0.6 is 43.2 Å². The predicted octanol–water partition coefficient (Wildman–Crippen LogP) is 4.67. The third kappa shape index (κ3) is 2.79. The second-order valence-corrected chi connectivity index (χ2v) is 7.16. The quantitative estimate of drug-likeness (QED) is 0.823. The molecule has 0 aliphatic carbocycles. The van der Waals surface area contributed by atoms with Crippen molar-refractivity contribution in [3.8, 4) is 5.75 Å². The van der Waals surface area contributed by atoms with E-state index in [0.717, 1.165) is 30.0 Å². The fraction of sp³-hybridized carbons (Fsp3) is 0.231. The summed E-state index contributed by atoms with van der Waals surface area (Å²) in [5.74, 6) is 0.759. The maximum Gasteiger partial charge on any atom is 0.133 e. The molecule has 0 fully saturated rings. The Morgan fingerprint density at radius 3 is 2.50 bits per heavy atom. The Hall–Kier alpha value is -0.360. The van der Waals surface area contributed by atoms with Crippen molar-refractivity contribution in [2.75, 3.05) is 7.11 Å². The van der Waals surface area contributed by atoms with Crippen LogP contribution in [-0.4, -0.2) is 12.2 Å². The molecule has 0 saturated carbocycles. The van der Waals surface area contributed by atoms with Gasteiger partial charge in [0, 0.05) is 4.88 Å². The lowest BCUT2D eigenvalue weighted by Crippen LogP contribution is -1.97. The van der Waals surface area contributed by atoms with Gasteiger partial charge < -0.3 is 9.84 Å². The third-order valence-corrected chi connectivity index (χ3v) is 5.45. The zero-order valence-electron chi connectivity index (χ0n) is 9.91. The van der Waals surface area contributed by atoms with Crippen LogP contribution in [0.5, 0.6) is 5.75 Å². The molecule has 2 rings (SSSR count). The van der Waals surface area contributed by atoms with E-state index in [9.17, 15) is 5.11 Å². The van der Waals surface area contributed by atoms with Gasteiger partial charge in [0.2, 0.25) is 0 Å². The van der Waals surface area contributed by atoms with Gasteiger partial charge in [-0.3, -0.25) is 0 Å². The summed E-state index contributed by atoms with van der Waals surface area (Å²) in [6.07, 6.45) is -0.609. The Morgan fingerprint density at radius 1 is 1.28 bits per heavy atom. The van der Waals surface area contributed by atoms with E-state index >= 15 is 0 Å². The molecule has 96 valence electrons. The number of ether oxygens (including phenoxy) is 1. The lowest BCUT2D eigenvalue weighted by molar-refractivity contribution is 0.224. The Bertz CT molecular complexity index is 547. The molecule has 0 aliphatic rings. The van der Waals surface area contributed by atoms with E-state index in [-0.39, 0.29) is 0 Å². The van der Waals surface area contributed by atoms with Gasteiger partial charge in [-0.2, -0.15) is 0 Å². The maximum absolute atomic E-state index is 10.3. The first kappa shape index (κ1) is 14.1. The number of hydrogen-bond donors (Lipinski definition) is 1. The lowest BCUT2D eigenvalue weighted by Gasteiger charge is -2.11. The number of halogens is 2. The number of aryl methyl sites for hydroxylation is 1. The molecule has 1 unspecified atom stereocenters. The maximum atomic E-state index is 10.3. The van der Waals surface area contributed by atoms with Crippen LogP contribution in [0.2, 0.25) is 0 Å². The Morgan fingerprint density at radius 2 is 2.00 bits per heavy atom. The topological polar surface area (TPSA) is 29.5 Å². The van der Waals surface area contributed by atoms with Crippen molar-refractivity contribution in [1.82, 2.24) is 0 Å². The van der Waals surface area contributed by atoms with Crippen LogP contribution in [0, 0.1) is 6.92 Å². The highest BCUT2D eigenvalue weighted by atomic mass is 79.9. The number of benzene rings is 1. The van der Waals surface area contributed by atoms with Gasteiger partial charge in [0.1, 0.15) is 11.9 Å². The van der Waals surface area contributed by atoms with Crippen molar-refractivity contribution in [3.63, 3.8) is 0 Å². The van der Waals surface area contributed by atoms with E-state index in [4.69, 9.17) is 4.74 Å². The molecule has 1 aromatic carbocycles. The molecule has 0 spiro atoms. The minimum atomic E-state index is -0.609. The van der Waals surface area contributed by atoms with Crippen LogP contribution in [0.4, 0.5) is 0 Å². The van der Waals surface area contributed by atoms with Crippen LogP contribution in [0.15, 0.2) is 32.5 Å². The highest BCUT2D eigenvalue weighted by Gasteiger charge is 2.15. The van der Waals surface area contributed by atoms with Crippen LogP contribution < -0.4 is 4.74 Å². The first-order valence-corrected chi connectivity index (χ1v) is 7.70. The Kier molecular flexibility index (Phi) is 4.48. The first-order valence-electron chi connectivity index (χ1n) is 5.30. The van der Waals surface area contributed by atoms with E-state index in [0.29, 0.717) is 0 Å². The zero-order valence-corrected chi connectivity index (χ0v) is 13.9. The zero-order chi connectivity index (χ0) is 13.3. The van der Waals surface area contributed by atoms with Crippen LogP contribution in [-0.2, 0) is 0 Å². The van der Waals surface area contributed by atoms with Gasteiger partial charge in [-0.1, -0.05) is 6.07 Å². The number of methoxy groups -OCH3 is 1. The second kappa shape index (κ2) is 5.74. The largest absolute Gasteiger partial charge is 0.496 e. The number of rotatable bonds is 3. The molecule has 2 aromatic rings. The van der Waals surface area contributed by atoms with E-state index in [1.165, 1.54) is 0 Å². The van der Waals surface area contributed by atoms with E-state index in [1.807, 2.05) is 31.2 Å². The minimum Gasteiger partial charge on any atom is -0.496 e. The van der Waals surface area contributed by atoms with Gasteiger partial charge >= 0.3 is 0 Å². The van der Waals surface area contributed by atoms with Crippen molar-refractivity contribution in [2.24, 2.45) is 0 Å². The highest BCUT2D eigenvalue weighted by molar-refractivity contribution is 9.11. The standard InChI is InChI=1S/C13H12Br2O2S/c1-7-5-11(18-13(7)15)12(16)8-3-4-10(17-2)9(14)6-8/h3-6,12,16H,1-2H3. The summed E-state index contributed by atoms with van der Waals surface area (Å²) in [7, 11) is 1.62. The van der Waals surface area contributed by atoms with E-state index in [1.54, 1.807) is 18.4 Å². The van der Waals surface area contributed by atoms with Crippen LogP contribution in [0.25, 0.3) is 0 Å². The van der Waals surface area contributed by atoms with Crippen molar-refractivity contribution in [2.45, 2.75) is 13.0 Å². The van der Waals surface area contributed by atoms with Gasteiger partial charge in [0.25, 0.3) is 0 Å². The second-order valence-electron chi connectivity index (χ2n) is 3.90. The normalized spacial score (nSPS) is 12.5. The minimum absolute atomic E-state index is 0.609. The molecule has 18 heavy (non-hydrogen) atoms. The van der Waals surface area contributed by atoms with Crippen molar-refractivity contribution >= 4 is 43.2 Å². The highest BCUT2D eigenvalue weighted by Crippen LogP contribution is 2.36. The summed E-state index contributed by atoms with van der Waals surface area (Å²) >= 11 is 8.45. The van der Waals surface area contributed by atoms with Crippen LogP contribution in [0.3, 0.4) is 0 Å². The summed E-state index contributed by atoms with van der Waals surface area (Å²) in [6.45, 7) is 2.01. The SMILES string of the molecule is COc1ccc(C(O)c2cc(C)c(Br)s2)cc1Br. The Balaban J connectivity index is 2.33. The molecule has 0 amide bonds. The van der Waals surface area contributed by atoms with Gasteiger partial charge in [-0.05, 0) is 68.1 Å². The Labute approximate surface area is 127 Å². The summed E-state index contributed by atoms with van der Waals surface area (Å²) in [5, 5.41) is 10.3. The van der Waals surface area contributed by atoms with E-state index in [2.05, 4.69) is 31.9 Å². The van der Waals surface area contributed by atoms with Crippen molar-refractivity contribution < 1.29 is 9.84 Å². The number of aliphatic hydroxyl groups excluding tert-OH is 1. The lowest BCUT2D eigenvalue weighted by atomic mass is 10.1. The molecule has 0 aliphatic heterocycles. The molecule has 1 atom stereocenters. The molecule has 5 heteroatoms. The molecule has 2 nitrogen and oxygen atoms in total. The molecule has 0 saturated heterocycles. The fourth-order valence-corrected chi connectivity index (χ4v) is 3.78. The predicted molar refractivity (Wildman–Crippen MR) is 81.5 cm³/mol. The van der Waals surface area contributed by atoms with E-state index < -0.39 is 6.10 Å². The number of aliphatic hydroxyl groups is 1. The number of hydrogen-bond acceptors (Lipinski definition) is 3. The molecule has 1 heterocycles. The van der Waals surface area contributed by atoms with Crippen LogP contribution in [0.1, 0.15) is 22.1 Å². The molecule has 1 aromatic heterocycles. The summed E-state index contributed by atoms with van der Waals surface area (Å²) in [4.78, 5) is 0.927. The van der Waals surface area contributed by atoms with Crippen molar-refractivity contribution in [3.05, 3.63) is 48.5 Å². The monoisotopic (exact) mass is 390 g/mol.